The number of nitrogens with one attached hydrogen (secondary N) is 2. The number of likely N-dealkylation sites (tertiary alicyclic amines) is 1. The van der Waals surface area contributed by atoms with Crippen molar-refractivity contribution in [1.29, 1.82) is 0 Å². The van der Waals surface area contributed by atoms with Crippen molar-refractivity contribution in [1.82, 2.24) is 15.5 Å². The summed E-state index contributed by atoms with van der Waals surface area (Å²) in [5.41, 5.74) is 2.51. The Hall–Kier alpha value is -1.51. The number of nitrogens with zero attached hydrogens (tertiary/aromatic N) is 3. The zero-order chi connectivity index (χ0) is 19.1. The van der Waals surface area contributed by atoms with Crippen molar-refractivity contribution in [3.05, 3.63) is 29.8 Å². The predicted octanol–water partition coefficient (Wildman–Crippen LogP) is 2.34. The molecule has 1 amide bonds. The summed E-state index contributed by atoms with van der Waals surface area (Å²) in [6, 6.07) is 8.88. The number of hydrogen-bond donors (Lipinski definition) is 2. The highest BCUT2D eigenvalue weighted by Crippen LogP contribution is 2.13. The molecule has 2 rings (SSSR count). The minimum atomic E-state index is 0. The van der Waals surface area contributed by atoms with E-state index in [4.69, 9.17) is 0 Å². The van der Waals surface area contributed by atoms with Crippen molar-refractivity contribution in [2.24, 2.45) is 10.9 Å². The largest absolute Gasteiger partial charge is 0.378 e. The van der Waals surface area contributed by atoms with Crippen LogP contribution in [0.3, 0.4) is 0 Å². The number of amides is 1. The Kier molecular flexibility index (Phi) is 9.90. The summed E-state index contributed by atoms with van der Waals surface area (Å²) < 4.78 is 0. The monoisotopic (exact) mass is 487 g/mol. The molecule has 1 atom stereocenters. The van der Waals surface area contributed by atoms with E-state index in [9.17, 15) is 4.79 Å². The van der Waals surface area contributed by atoms with Gasteiger partial charge >= 0.3 is 0 Å². The van der Waals surface area contributed by atoms with E-state index in [2.05, 4.69) is 44.8 Å². The first-order valence-corrected chi connectivity index (χ1v) is 9.43. The number of rotatable bonds is 6. The number of guanidine groups is 1. The summed E-state index contributed by atoms with van der Waals surface area (Å²) in [6.07, 6.45) is 1.90. The number of benzene rings is 1. The molecule has 1 unspecified atom stereocenters. The van der Waals surface area contributed by atoms with Crippen LogP contribution in [0.4, 0.5) is 5.69 Å². The van der Waals surface area contributed by atoms with Gasteiger partial charge in [0.2, 0.25) is 5.91 Å². The van der Waals surface area contributed by atoms with Gasteiger partial charge in [0.15, 0.2) is 5.96 Å². The zero-order valence-electron chi connectivity index (χ0n) is 17.2. The number of hydrogen-bond acceptors (Lipinski definition) is 3. The van der Waals surface area contributed by atoms with Crippen molar-refractivity contribution in [3.8, 4) is 0 Å². The lowest BCUT2D eigenvalue weighted by molar-refractivity contribution is -0.133. The van der Waals surface area contributed by atoms with E-state index >= 15 is 0 Å². The van der Waals surface area contributed by atoms with Crippen LogP contribution in [-0.4, -0.2) is 63.6 Å². The predicted molar refractivity (Wildman–Crippen MR) is 124 cm³/mol. The minimum absolute atomic E-state index is 0. The second kappa shape index (κ2) is 11.4. The normalized spacial score (nSPS) is 16.9. The van der Waals surface area contributed by atoms with Crippen LogP contribution in [0, 0.1) is 5.92 Å². The fraction of sp³-hybridized carbons (Fsp3) is 0.600. The third kappa shape index (κ3) is 7.20. The van der Waals surface area contributed by atoms with E-state index < -0.39 is 0 Å². The molecule has 1 saturated heterocycles. The lowest BCUT2D eigenvalue weighted by atomic mass is 10.1. The number of anilines is 1. The topological polar surface area (TPSA) is 60.0 Å². The Morgan fingerprint density at radius 2 is 1.96 bits per heavy atom. The zero-order valence-corrected chi connectivity index (χ0v) is 19.5. The van der Waals surface area contributed by atoms with Gasteiger partial charge in [-0.3, -0.25) is 9.79 Å². The lowest BCUT2D eigenvalue weighted by Crippen LogP contribution is -2.45. The molecule has 0 aliphatic carbocycles. The van der Waals surface area contributed by atoms with Crippen molar-refractivity contribution in [3.63, 3.8) is 0 Å². The molecule has 2 N–H and O–H groups in total. The molecule has 27 heavy (non-hydrogen) atoms. The van der Waals surface area contributed by atoms with Crippen LogP contribution in [-0.2, 0) is 11.2 Å². The summed E-state index contributed by atoms with van der Waals surface area (Å²) in [4.78, 5) is 20.4. The van der Waals surface area contributed by atoms with E-state index in [1.54, 1.807) is 7.05 Å². The molecule has 0 aromatic heterocycles. The van der Waals surface area contributed by atoms with Crippen LogP contribution in [0.1, 0.15) is 25.8 Å². The van der Waals surface area contributed by atoms with Crippen LogP contribution >= 0.6 is 24.0 Å². The quantitative estimate of drug-likeness (QED) is 0.368. The first-order chi connectivity index (χ1) is 12.4. The molecule has 7 heteroatoms. The SMILES string of the molecule is CN=C(NCCc1ccc(N(C)C)cc1)NC1CCN(C(=O)C(C)C)C1.I. The smallest absolute Gasteiger partial charge is 0.225 e. The first-order valence-electron chi connectivity index (χ1n) is 9.43. The van der Waals surface area contributed by atoms with Gasteiger partial charge in [0, 0.05) is 58.4 Å². The Morgan fingerprint density at radius 3 is 2.52 bits per heavy atom. The van der Waals surface area contributed by atoms with Gasteiger partial charge in [0.05, 0.1) is 0 Å². The van der Waals surface area contributed by atoms with Crippen molar-refractivity contribution < 1.29 is 4.79 Å². The fourth-order valence-electron chi connectivity index (χ4n) is 3.12. The molecule has 1 aliphatic rings. The van der Waals surface area contributed by atoms with Gasteiger partial charge in [-0.2, -0.15) is 0 Å². The third-order valence-electron chi connectivity index (χ3n) is 4.72. The van der Waals surface area contributed by atoms with E-state index in [-0.39, 0.29) is 41.8 Å². The van der Waals surface area contributed by atoms with E-state index in [0.29, 0.717) is 0 Å². The van der Waals surface area contributed by atoms with Crippen LogP contribution in [0.15, 0.2) is 29.3 Å². The molecular formula is C20H34IN5O. The van der Waals surface area contributed by atoms with Crippen molar-refractivity contribution >= 4 is 41.5 Å². The second-order valence-corrected chi connectivity index (χ2v) is 7.38. The molecule has 0 radical (unpaired) electrons. The fourth-order valence-corrected chi connectivity index (χ4v) is 3.12. The maximum Gasteiger partial charge on any atom is 0.225 e. The molecule has 1 aromatic carbocycles. The Bertz CT molecular complexity index is 615. The molecule has 1 aliphatic heterocycles. The third-order valence-corrected chi connectivity index (χ3v) is 4.72. The number of halogens is 1. The van der Waals surface area contributed by atoms with E-state index in [0.717, 1.165) is 38.4 Å². The summed E-state index contributed by atoms with van der Waals surface area (Å²) in [5, 5.41) is 6.81. The molecular weight excluding hydrogens is 453 g/mol. The van der Waals surface area contributed by atoms with Gasteiger partial charge < -0.3 is 20.4 Å². The minimum Gasteiger partial charge on any atom is -0.378 e. The van der Waals surface area contributed by atoms with Crippen LogP contribution < -0.4 is 15.5 Å². The van der Waals surface area contributed by atoms with Gasteiger partial charge in [-0.05, 0) is 30.5 Å². The van der Waals surface area contributed by atoms with Crippen LogP contribution in [0.5, 0.6) is 0 Å². The molecule has 6 nitrogen and oxygen atoms in total. The number of aliphatic imine (C=N–C) groups is 1. The van der Waals surface area contributed by atoms with Gasteiger partial charge in [-0.25, -0.2) is 0 Å². The summed E-state index contributed by atoms with van der Waals surface area (Å²) in [7, 11) is 5.88. The van der Waals surface area contributed by atoms with Crippen molar-refractivity contribution in [2.45, 2.75) is 32.7 Å². The molecule has 1 fully saturated rings. The second-order valence-electron chi connectivity index (χ2n) is 7.38. The highest BCUT2D eigenvalue weighted by Gasteiger charge is 2.27. The summed E-state index contributed by atoms with van der Waals surface area (Å²) >= 11 is 0. The van der Waals surface area contributed by atoms with Gasteiger partial charge in [0.25, 0.3) is 0 Å². The molecule has 152 valence electrons. The average Bonchev–Trinajstić information content (AvgIpc) is 3.08. The maximum absolute atomic E-state index is 12.1. The van der Waals surface area contributed by atoms with E-state index in [1.165, 1.54) is 11.3 Å². The lowest BCUT2D eigenvalue weighted by Gasteiger charge is -2.20. The standard InChI is InChI=1S/C20H33N5O.HI/c1-15(2)19(26)25-13-11-17(14-25)23-20(21-3)22-12-10-16-6-8-18(9-7-16)24(4)5;/h6-9,15,17H,10-14H2,1-5H3,(H2,21,22,23);1H. The number of carbonyl (C=O) groups is 1. The van der Waals surface area contributed by atoms with Crippen LogP contribution in [0.25, 0.3) is 0 Å². The number of carbonyl (C=O) groups excluding carboxylic acids is 1. The maximum atomic E-state index is 12.1. The Labute approximate surface area is 180 Å². The average molecular weight is 487 g/mol. The molecule has 1 aromatic rings. The Morgan fingerprint density at radius 1 is 1.30 bits per heavy atom. The van der Waals surface area contributed by atoms with E-state index in [1.807, 2.05) is 32.8 Å². The van der Waals surface area contributed by atoms with Gasteiger partial charge in [0.1, 0.15) is 0 Å². The molecule has 1 heterocycles. The molecule has 0 spiro atoms. The summed E-state index contributed by atoms with van der Waals surface area (Å²) in [6.45, 7) is 6.30. The Balaban J connectivity index is 0.00000364. The van der Waals surface area contributed by atoms with Gasteiger partial charge in [-0.15, -0.1) is 24.0 Å². The first kappa shape index (κ1) is 23.5. The summed E-state index contributed by atoms with van der Waals surface area (Å²) in [5.74, 6) is 1.10. The highest BCUT2D eigenvalue weighted by atomic mass is 127. The molecule has 0 saturated carbocycles. The van der Waals surface area contributed by atoms with Gasteiger partial charge in [-0.1, -0.05) is 26.0 Å². The van der Waals surface area contributed by atoms with Crippen molar-refractivity contribution in [2.75, 3.05) is 45.7 Å². The molecule has 0 bridgehead atoms. The highest BCUT2D eigenvalue weighted by molar-refractivity contribution is 14.0. The van der Waals surface area contributed by atoms with Crippen LogP contribution in [0.2, 0.25) is 0 Å².